The fourth-order valence-corrected chi connectivity index (χ4v) is 5.47. The first kappa shape index (κ1) is 27.0. The van der Waals surface area contributed by atoms with Gasteiger partial charge in [-0.15, -0.1) is 0 Å². The molecule has 1 fully saturated rings. The Morgan fingerprint density at radius 1 is 1.00 bits per heavy atom. The third-order valence-electron chi connectivity index (χ3n) is 7.54. The van der Waals surface area contributed by atoms with E-state index in [1.807, 2.05) is 24.1 Å². The zero-order valence-corrected chi connectivity index (χ0v) is 23.1. The van der Waals surface area contributed by atoms with Crippen LogP contribution >= 0.6 is 11.6 Å². The Morgan fingerprint density at radius 3 is 2.44 bits per heavy atom. The van der Waals surface area contributed by atoms with E-state index in [9.17, 15) is 13.6 Å². The predicted molar refractivity (Wildman–Crippen MR) is 156 cm³/mol. The number of anilines is 2. The summed E-state index contributed by atoms with van der Waals surface area (Å²) in [6, 6.07) is 16.5. The van der Waals surface area contributed by atoms with Crippen LogP contribution in [0.3, 0.4) is 0 Å². The number of hydrogen-bond donors (Lipinski definition) is 2. The van der Waals surface area contributed by atoms with Crippen LogP contribution < -0.4 is 10.6 Å². The predicted octanol–water partition coefficient (Wildman–Crippen LogP) is 5.99. The van der Waals surface area contributed by atoms with Gasteiger partial charge in [0.2, 0.25) is 5.95 Å². The second-order valence-electron chi connectivity index (χ2n) is 10.1. The number of aliphatic imine (C=N–C) groups is 1. The Labute approximate surface area is 241 Å². The highest BCUT2D eigenvalue weighted by Gasteiger charge is 2.26. The van der Waals surface area contributed by atoms with Crippen LogP contribution in [0.1, 0.15) is 39.9 Å². The van der Waals surface area contributed by atoms with E-state index >= 15 is 0 Å². The van der Waals surface area contributed by atoms with E-state index in [2.05, 4.69) is 20.6 Å². The Kier molecular flexibility index (Phi) is 7.47. The summed E-state index contributed by atoms with van der Waals surface area (Å²) in [5.41, 5.74) is 3.69. The van der Waals surface area contributed by atoms with Crippen LogP contribution in [0.4, 0.5) is 20.4 Å². The summed E-state index contributed by atoms with van der Waals surface area (Å²) in [5, 5.41) is 6.88. The lowest BCUT2D eigenvalue weighted by Gasteiger charge is -2.31. The highest BCUT2D eigenvalue weighted by Crippen LogP contribution is 2.34. The molecule has 10 heteroatoms. The van der Waals surface area contributed by atoms with Gasteiger partial charge in [-0.1, -0.05) is 23.7 Å². The molecule has 1 aromatic heterocycles. The summed E-state index contributed by atoms with van der Waals surface area (Å²) in [6.45, 7) is 1.59. The number of hydrogen-bond acceptors (Lipinski definition) is 6. The van der Waals surface area contributed by atoms with Crippen molar-refractivity contribution >= 4 is 34.9 Å². The molecular weight excluding hydrogens is 546 g/mol. The van der Waals surface area contributed by atoms with Gasteiger partial charge in [0.25, 0.3) is 5.91 Å². The number of benzene rings is 3. The number of piperidine rings is 1. The number of fused-ring (bicyclic) bond motifs is 3. The topological polar surface area (TPSA) is 82.5 Å². The van der Waals surface area contributed by atoms with Gasteiger partial charge in [-0.05, 0) is 68.4 Å². The minimum atomic E-state index is -0.710. The molecule has 2 N–H and O–H groups in total. The van der Waals surface area contributed by atoms with Gasteiger partial charge in [0.1, 0.15) is 11.6 Å². The SMILES string of the molecule is CNC1CCN(C(=O)c2ccc(Nc3ncc4c(n3)-c3ccc(Cl)cc3C(c3c(F)cccc3F)=NC4)cc2)CC1. The molecule has 1 saturated heterocycles. The quantitative estimate of drug-likeness (QED) is 0.307. The highest BCUT2D eigenvalue weighted by molar-refractivity contribution is 6.31. The summed E-state index contributed by atoms with van der Waals surface area (Å²) in [5.74, 6) is -1.07. The monoisotopic (exact) mass is 572 g/mol. The maximum atomic E-state index is 14.8. The van der Waals surface area contributed by atoms with E-state index in [-0.39, 0.29) is 23.7 Å². The largest absolute Gasteiger partial charge is 0.339 e. The van der Waals surface area contributed by atoms with Crippen LogP contribution in [0.5, 0.6) is 0 Å². The number of nitrogens with zero attached hydrogens (tertiary/aromatic N) is 4. The van der Waals surface area contributed by atoms with Crippen LogP contribution in [-0.4, -0.2) is 52.7 Å². The van der Waals surface area contributed by atoms with Crippen molar-refractivity contribution < 1.29 is 13.6 Å². The van der Waals surface area contributed by atoms with Gasteiger partial charge in [-0.25, -0.2) is 18.7 Å². The molecule has 1 amide bonds. The average molecular weight is 573 g/mol. The van der Waals surface area contributed by atoms with Gasteiger partial charge in [0.05, 0.1) is 23.5 Å². The first-order valence-electron chi connectivity index (χ1n) is 13.4. The maximum absolute atomic E-state index is 14.8. The summed E-state index contributed by atoms with van der Waals surface area (Å²) in [4.78, 5) is 28.6. The molecule has 208 valence electrons. The molecule has 0 radical (unpaired) electrons. The molecule has 7 nitrogen and oxygen atoms in total. The first-order valence-corrected chi connectivity index (χ1v) is 13.8. The normalized spacial score (nSPS) is 15.0. The summed E-state index contributed by atoms with van der Waals surface area (Å²) in [7, 11) is 1.95. The van der Waals surface area contributed by atoms with Crippen molar-refractivity contribution in [1.29, 1.82) is 0 Å². The lowest BCUT2D eigenvalue weighted by atomic mass is 9.95. The lowest BCUT2D eigenvalue weighted by molar-refractivity contribution is 0.0707. The number of aromatic nitrogens is 2. The first-order chi connectivity index (χ1) is 19.9. The van der Waals surface area contributed by atoms with Crippen molar-refractivity contribution in [3.8, 4) is 11.3 Å². The molecule has 6 rings (SSSR count). The fourth-order valence-electron chi connectivity index (χ4n) is 5.30. The smallest absolute Gasteiger partial charge is 0.253 e. The molecule has 3 heterocycles. The van der Waals surface area contributed by atoms with Crippen LogP contribution in [0, 0.1) is 11.6 Å². The van der Waals surface area contributed by atoms with Crippen molar-refractivity contribution in [2.24, 2.45) is 4.99 Å². The molecule has 0 saturated carbocycles. The minimum Gasteiger partial charge on any atom is -0.339 e. The average Bonchev–Trinajstić information content (AvgIpc) is 3.14. The molecule has 2 aliphatic rings. The van der Waals surface area contributed by atoms with Crippen molar-refractivity contribution in [2.75, 3.05) is 25.5 Å². The molecule has 0 bridgehead atoms. The number of carbonyl (C=O) groups is 1. The molecule has 3 aromatic carbocycles. The standard InChI is InChI=1S/C31H27ClF2N6O/c1-35-21-11-13-40(14-12-21)30(41)18-5-8-22(9-6-18)38-31-37-17-19-16-36-29(27-25(33)3-2-4-26(27)34)24-15-20(32)7-10-23(24)28(19)39-31/h2-10,15,17,21,35H,11-14,16H2,1H3,(H,37,38,39). The second-order valence-corrected chi connectivity index (χ2v) is 10.5. The van der Waals surface area contributed by atoms with Crippen molar-refractivity contribution in [2.45, 2.75) is 25.4 Å². The van der Waals surface area contributed by atoms with Gasteiger partial charge >= 0.3 is 0 Å². The maximum Gasteiger partial charge on any atom is 0.253 e. The van der Waals surface area contributed by atoms with E-state index in [1.165, 1.54) is 18.2 Å². The van der Waals surface area contributed by atoms with Crippen LogP contribution in [0.2, 0.25) is 5.02 Å². The number of nitrogens with one attached hydrogen (secondary N) is 2. The minimum absolute atomic E-state index is 0.0183. The Balaban J connectivity index is 1.27. The molecule has 0 spiro atoms. The number of rotatable bonds is 5. The molecule has 2 aliphatic heterocycles. The van der Waals surface area contributed by atoms with Crippen molar-refractivity contribution in [3.63, 3.8) is 0 Å². The van der Waals surface area contributed by atoms with Crippen LogP contribution in [0.25, 0.3) is 11.3 Å². The van der Waals surface area contributed by atoms with E-state index in [0.29, 0.717) is 50.6 Å². The van der Waals surface area contributed by atoms with E-state index in [4.69, 9.17) is 16.6 Å². The molecule has 0 unspecified atom stereocenters. The van der Waals surface area contributed by atoms with Gasteiger partial charge in [-0.2, -0.15) is 0 Å². The number of amides is 1. The number of halogens is 3. The zero-order valence-electron chi connectivity index (χ0n) is 22.3. The number of carbonyl (C=O) groups excluding carboxylic acids is 1. The third kappa shape index (κ3) is 5.42. The van der Waals surface area contributed by atoms with Crippen LogP contribution in [-0.2, 0) is 6.54 Å². The van der Waals surface area contributed by atoms with Gasteiger partial charge in [-0.3, -0.25) is 9.79 Å². The third-order valence-corrected chi connectivity index (χ3v) is 7.78. The molecule has 0 atom stereocenters. The lowest BCUT2D eigenvalue weighted by Crippen LogP contribution is -2.43. The highest BCUT2D eigenvalue weighted by atomic mass is 35.5. The summed E-state index contributed by atoms with van der Waals surface area (Å²) in [6.07, 6.45) is 3.53. The number of likely N-dealkylation sites (tertiary alicyclic amines) is 1. The Bertz CT molecular complexity index is 1630. The van der Waals surface area contributed by atoms with Crippen LogP contribution in [0.15, 0.2) is 71.9 Å². The Morgan fingerprint density at radius 2 is 1.73 bits per heavy atom. The fraction of sp³-hybridized carbons (Fsp3) is 0.226. The second kappa shape index (κ2) is 11.3. The summed E-state index contributed by atoms with van der Waals surface area (Å²) < 4.78 is 29.6. The van der Waals surface area contributed by atoms with Gasteiger partial charge < -0.3 is 15.5 Å². The summed E-state index contributed by atoms with van der Waals surface area (Å²) >= 11 is 6.31. The van der Waals surface area contributed by atoms with Crippen molar-refractivity contribution in [3.05, 3.63) is 106 Å². The molecule has 4 aromatic rings. The zero-order chi connectivity index (χ0) is 28.5. The Hall–Kier alpha value is -4.21. The van der Waals surface area contributed by atoms with E-state index in [0.717, 1.165) is 25.9 Å². The van der Waals surface area contributed by atoms with Gasteiger partial charge in [0, 0.05) is 58.3 Å². The molecular formula is C31H27ClF2N6O. The molecule has 0 aliphatic carbocycles. The van der Waals surface area contributed by atoms with Gasteiger partial charge in [0.15, 0.2) is 0 Å². The van der Waals surface area contributed by atoms with E-state index in [1.54, 1.807) is 36.5 Å². The van der Waals surface area contributed by atoms with Crippen molar-refractivity contribution in [1.82, 2.24) is 20.2 Å². The molecule has 41 heavy (non-hydrogen) atoms. The van der Waals surface area contributed by atoms with E-state index < -0.39 is 11.6 Å².